The van der Waals surface area contributed by atoms with Crippen molar-refractivity contribution in [3.63, 3.8) is 0 Å². The fourth-order valence-corrected chi connectivity index (χ4v) is 2.39. The molecule has 0 amide bonds. The van der Waals surface area contributed by atoms with Crippen molar-refractivity contribution < 1.29 is 17.7 Å². The van der Waals surface area contributed by atoms with Gasteiger partial charge in [-0.3, -0.25) is 0 Å². The van der Waals surface area contributed by atoms with Gasteiger partial charge in [-0.05, 0) is 27.7 Å². The third-order valence-corrected chi connectivity index (χ3v) is 4.42. The molecule has 1 fully saturated rings. The van der Waals surface area contributed by atoms with E-state index in [-0.39, 0.29) is 11.6 Å². The lowest BCUT2D eigenvalue weighted by molar-refractivity contribution is 0.00578. The number of hydrogen-bond donors (Lipinski definition) is 0. The highest BCUT2D eigenvalue weighted by atomic mass is 32.2. The summed E-state index contributed by atoms with van der Waals surface area (Å²) in [6.45, 7) is 7.86. The largest absolute Gasteiger partial charge is 0.498 e. The summed E-state index contributed by atoms with van der Waals surface area (Å²) in [5, 5.41) is 0. The third kappa shape index (κ3) is 3.19. The molecular formula is C12H19BN2O4S. The first-order valence-corrected chi connectivity index (χ1v) is 8.40. The van der Waals surface area contributed by atoms with Gasteiger partial charge in [0.25, 0.3) is 0 Å². The molecule has 0 saturated carbocycles. The normalized spacial score (nSPS) is 21.1. The molecule has 1 saturated heterocycles. The van der Waals surface area contributed by atoms with Crippen molar-refractivity contribution in [3.05, 3.63) is 18.2 Å². The van der Waals surface area contributed by atoms with Gasteiger partial charge < -0.3 is 9.31 Å². The maximum absolute atomic E-state index is 11.2. The molecular weight excluding hydrogens is 279 g/mol. The fourth-order valence-electron chi connectivity index (χ4n) is 1.77. The van der Waals surface area contributed by atoms with Crippen LogP contribution in [0.1, 0.15) is 33.5 Å². The molecule has 20 heavy (non-hydrogen) atoms. The molecule has 0 atom stereocenters. The minimum absolute atomic E-state index is 0.170. The summed E-state index contributed by atoms with van der Waals surface area (Å²) < 4.78 is 34.1. The Morgan fingerprint density at radius 1 is 1.10 bits per heavy atom. The zero-order valence-corrected chi connectivity index (χ0v) is 13.2. The van der Waals surface area contributed by atoms with E-state index in [1.807, 2.05) is 27.7 Å². The number of sulfone groups is 1. The molecule has 0 N–H and O–H groups in total. The first kappa shape index (κ1) is 15.4. The SMILES string of the molecule is CC1(C)OB(c2cnc(CS(C)(=O)=O)nc2)OC1(C)C. The van der Waals surface area contributed by atoms with Crippen molar-refractivity contribution in [1.29, 1.82) is 0 Å². The van der Waals surface area contributed by atoms with Crippen LogP contribution in [-0.4, -0.2) is 43.0 Å². The van der Waals surface area contributed by atoms with E-state index < -0.39 is 28.2 Å². The van der Waals surface area contributed by atoms with Crippen LogP contribution < -0.4 is 5.46 Å². The highest BCUT2D eigenvalue weighted by Crippen LogP contribution is 2.36. The summed E-state index contributed by atoms with van der Waals surface area (Å²) in [6, 6.07) is 0. The third-order valence-electron chi connectivity index (χ3n) is 3.64. The average molecular weight is 298 g/mol. The molecule has 0 unspecified atom stereocenters. The second kappa shape index (κ2) is 4.78. The first-order chi connectivity index (χ1) is 9.00. The standard InChI is InChI=1S/C12H19BN2O4S/c1-11(2)12(3,4)19-13(18-11)9-6-14-10(15-7-9)8-20(5,16)17/h6-7H,8H2,1-5H3. The Morgan fingerprint density at radius 2 is 1.55 bits per heavy atom. The topological polar surface area (TPSA) is 78.4 Å². The first-order valence-electron chi connectivity index (χ1n) is 6.34. The van der Waals surface area contributed by atoms with Crippen LogP contribution in [0.5, 0.6) is 0 Å². The molecule has 1 aliphatic heterocycles. The van der Waals surface area contributed by atoms with Gasteiger partial charge in [-0.15, -0.1) is 0 Å². The van der Waals surface area contributed by atoms with Crippen LogP contribution in [0.3, 0.4) is 0 Å². The molecule has 0 bridgehead atoms. The van der Waals surface area contributed by atoms with E-state index in [4.69, 9.17) is 9.31 Å². The monoisotopic (exact) mass is 298 g/mol. The molecule has 1 aromatic heterocycles. The van der Waals surface area contributed by atoms with E-state index in [1.54, 1.807) is 12.4 Å². The predicted octanol–water partition coefficient (Wildman–Crippen LogP) is 0.320. The predicted molar refractivity (Wildman–Crippen MR) is 76.3 cm³/mol. The lowest BCUT2D eigenvalue weighted by atomic mass is 9.81. The Balaban J connectivity index is 2.16. The lowest BCUT2D eigenvalue weighted by Gasteiger charge is -2.32. The smallest absolute Gasteiger partial charge is 0.399 e. The summed E-state index contributed by atoms with van der Waals surface area (Å²) in [5.74, 6) is 0.101. The summed E-state index contributed by atoms with van der Waals surface area (Å²) in [6.07, 6.45) is 4.25. The highest BCUT2D eigenvalue weighted by molar-refractivity contribution is 7.89. The Kier molecular flexibility index (Phi) is 3.69. The van der Waals surface area contributed by atoms with Crippen LogP contribution >= 0.6 is 0 Å². The molecule has 6 nitrogen and oxygen atoms in total. The van der Waals surface area contributed by atoms with Crippen molar-refractivity contribution >= 4 is 22.4 Å². The Bertz CT molecular complexity index is 582. The zero-order chi connectivity index (χ0) is 15.2. The van der Waals surface area contributed by atoms with Crippen molar-refractivity contribution in [1.82, 2.24) is 9.97 Å². The second-order valence-electron chi connectivity index (χ2n) is 6.09. The summed E-state index contributed by atoms with van der Waals surface area (Å²) >= 11 is 0. The quantitative estimate of drug-likeness (QED) is 0.748. The lowest BCUT2D eigenvalue weighted by Crippen LogP contribution is -2.41. The Labute approximate surface area is 120 Å². The Hall–Kier alpha value is -0.985. The van der Waals surface area contributed by atoms with Gasteiger partial charge in [-0.2, -0.15) is 0 Å². The zero-order valence-electron chi connectivity index (χ0n) is 12.4. The van der Waals surface area contributed by atoms with E-state index >= 15 is 0 Å². The number of nitrogens with zero attached hydrogens (tertiary/aromatic N) is 2. The van der Waals surface area contributed by atoms with Crippen molar-refractivity contribution in [2.45, 2.75) is 44.6 Å². The molecule has 0 spiro atoms. The number of aromatic nitrogens is 2. The van der Waals surface area contributed by atoms with Gasteiger partial charge in [0.2, 0.25) is 0 Å². The molecule has 0 aliphatic carbocycles. The molecule has 1 aliphatic rings. The van der Waals surface area contributed by atoms with E-state index in [0.29, 0.717) is 5.46 Å². The molecule has 110 valence electrons. The fraction of sp³-hybridized carbons (Fsp3) is 0.667. The van der Waals surface area contributed by atoms with E-state index in [2.05, 4.69) is 9.97 Å². The number of hydrogen-bond acceptors (Lipinski definition) is 6. The van der Waals surface area contributed by atoms with E-state index in [1.165, 1.54) is 0 Å². The Morgan fingerprint density at radius 3 is 1.95 bits per heavy atom. The highest BCUT2D eigenvalue weighted by Gasteiger charge is 2.51. The van der Waals surface area contributed by atoms with Gasteiger partial charge in [0, 0.05) is 24.1 Å². The summed E-state index contributed by atoms with van der Waals surface area (Å²) in [7, 11) is -3.67. The molecule has 2 rings (SSSR count). The van der Waals surface area contributed by atoms with Gasteiger partial charge >= 0.3 is 7.12 Å². The maximum atomic E-state index is 11.2. The minimum Gasteiger partial charge on any atom is -0.399 e. The molecule has 0 radical (unpaired) electrons. The van der Waals surface area contributed by atoms with Crippen LogP contribution in [0.15, 0.2) is 12.4 Å². The maximum Gasteiger partial charge on any atom is 0.498 e. The summed E-state index contributed by atoms with van der Waals surface area (Å²) in [5.41, 5.74) is -0.174. The van der Waals surface area contributed by atoms with Gasteiger partial charge in [0.1, 0.15) is 11.6 Å². The molecule has 0 aromatic carbocycles. The summed E-state index contributed by atoms with van der Waals surface area (Å²) in [4.78, 5) is 8.11. The van der Waals surface area contributed by atoms with E-state index in [9.17, 15) is 8.42 Å². The van der Waals surface area contributed by atoms with E-state index in [0.717, 1.165) is 6.26 Å². The second-order valence-corrected chi connectivity index (χ2v) is 8.23. The average Bonchev–Trinajstić information content (AvgIpc) is 2.47. The van der Waals surface area contributed by atoms with Crippen molar-refractivity contribution in [3.8, 4) is 0 Å². The minimum atomic E-state index is -3.13. The molecule has 2 heterocycles. The van der Waals surface area contributed by atoms with Crippen molar-refractivity contribution in [2.75, 3.05) is 6.26 Å². The van der Waals surface area contributed by atoms with Crippen LogP contribution in [0, 0.1) is 0 Å². The van der Waals surface area contributed by atoms with Crippen LogP contribution in [-0.2, 0) is 24.9 Å². The van der Waals surface area contributed by atoms with Gasteiger partial charge in [-0.25, -0.2) is 18.4 Å². The van der Waals surface area contributed by atoms with Gasteiger partial charge in [0.05, 0.1) is 11.2 Å². The van der Waals surface area contributed by atoms with Gasteiger partial charge in [-0.1, -0.05) is 0 Å². The molecule has 1 aromatic rings. The van der Waals surface area contributed by atoms with Crippen LogP contribution in [0.2, 0.25) is 0 Å². The van der Waals surface area contributed by atoms with Crippen LogP contribution in [0.4, 0.5) is 0 Å². The number of rotatable bonds is 3. The van der Waals surface area contributed by atoms with Crippen LogP contribution in [0.25, 0.3) is 0 Å². The molecule has 8 heteroatoms. The van der Waals surface area contributed by atoms with Crippen molar-refractivity contribution in [2.24, 2.45) is 0 Å². The van der Waals surface area contributed by atoms with Gasteiger partial charge in [0.15, 0.2) is 9.84 Å².